The molecule has 0 saturated carbocycles. The van der Waals surface area contributed by atoms with E-state index in [0.29, 0.717) is 6.54 Å². The first-order valence-electron chi connectivity index (χ1n) is 9.16. The standard InChI is InChI=1S/C20H29N5OS.HI/c1-13(2)19(26)25-17-8-6-16(7-9-17)12-23-20(21-5)22-11-10-18-24-14(3)15(4)27-18;/h6-9,13H,10-12H2,1-5H3,(H,25,26)(H2,21,22,23);1H. The number of thiazole rings is 1. The minimum absolute atomic E-state index is 0. The van der Waals surface area contributed by atoms with Crippen molar-refractivity contribution in [2.24, 2.45) is 10.9 Å². The zero-order valence-electron chi connectivity index (χ0n) is 17.1. The number of carbonyl (C=O) groups excluding carboxylic acids is 1. The van der Waals surface area contributed by atoms with Gasteiger partial charge in [-0.3, -0.25) is 9.79 Å². The molecule has 0 aliphatic heterocycles. The van der Waals surface area contributed by atoms with Gasteiger partial charge in [0.15, 0.2) is 5.96 Å². The second kappa shape index (κ2) is 12.0. The third-order valence-corrected chi connectivity index (χ3v) is 5.27. The molecule has 8 heteroatoms. The first-order chi connectivity index (χ1) is 12.9. The van der Waals surface area contributed by atoms with E-state index in [1.165, 1.54) is 4.88 Å². The largest absolute Gasteiger partial charge is 0.356 e. The van der Waals surface area contributed by atoms with Crippen LogP contribution in [-0.4, -0.2) is 30.4 Å². The number of benzene rings is 1. The van der Waals surface area contributed by atoms with Gasteiger partial charge in [0.05, 0.1) is 10.7 Å². The van der Waals surface area contributed by atoms with Gasteiger partial charge in [-0.05, 0) is 31.5 Å². The van der Waals surface area contributed by atoms with E-state index in [9.17, 15) is 4.79 Å². The number of anilines is 1. The van der Waals surface area contributed by atoms with Crippen molar-refractivity contribution in [2.45, 2.75) is 40.7 Å². The van der Waals surface area contributed by atoms with Gasteiger partial charge in [0, 0.05) is 43.0 Å². The van der Waals surface area contributed by atoms with Gasteiger partial charge in [-0.15, -0.1) is 35.3 Å². The minimum atomic E-state index is -0.0297. The van der Waals surface area contributed by atoms with Crippen LogP contribution in [0.3, 0.4) is 0 Å². The maximum atomic E-state index is 11.7. The molecular weight excluding hydrogens is 485 g/mol. The van der Waals surface area contributed by atoms with Gasteiger partial charge < -0.3 is 16.0 Å². The molecule has 154 valence electrons. The van der Waals surface area contributed by atoms with Crippen LogP contribution in [0.4, 0.5) is 5.69 Å². The van der Waals surface area contributed by atoms with Crippen LogP contribution >= 0.6 is 35.3 Å². The maximum absolute atomic E-state index is 11.7. The predicted octanol–water partition coefficient (Wildman–Crippen LogP) is 3.88. The molecule has 1 aromatic heterocycles. The SMILES string of the molecule is CN=C(NCCc1nc(C)c(C)s1)NCc1ccc(NC(=O)C(C)C)cc1.I. The summed E-state index contributed by atoms with van der Waals surface area (Å²) in [7, 11) is 1.76. The number of amides is 1. The number of carbonyl (C=O) groups is 1. The Morgan fingerprint density at radius 3 is 2.39 bits per heavy atom. The number of halogens is 1. The van der Waals surface area contributed by atoms with Crippen LogP contribution in [0.25, 0.3) is 0 Å². The summed E-state index contributed by atoms with van der Waals surface area (Å²) in [5, 5.41) is 10.7. The third-order valence-electron chi connectivity index (χ3n) is 4.13. The lowest BCUT2D eigenvalue weighted by atomic mass is 10.1. The topological polar surface area (TPSA) is 78.4 Å². The number of rotatable bonds is 7. The monoisotopic (exact) mass is 515 g/mol. The second-order valence-corrected chi connectivity index (χ2v) is 7.98. The lowest BCUT2D eigenvalue weighted by Crippen LogP contribution is -2.37. The fourth-order valence-corrected chi connectivity index (χ4v) is 3.27. The van der Waals surface area contributed by atoms with E-state index in [1.807, 2.05) is 45.0 Å². The molecular formula is C20H30IN5OS. The Balaban J connectivity index is 0.00000392. The molecule has 0 atom stereocenters. The van der Waals surface area contributed by atoms with Crippen molar-refractivity contribution in [1.82, 2.24) is 15.6 Å². The van der Waals surface area contributed by atoms with E-state index in [-0.39, 0.29) is 35.8 Å². The summed E-state index contributed by atoms with van der Waals surface area (Å²) in [6.07, 6.45) is 0.879. The number of hydrogen-bond acceptors (Lipinski definition) is 4. The van der Waals surface area contributed by atoms with Crippen LogP contribution in [0.2, 0.25) is 0 Å². The van der Waals surface area contributed by atoms with Crippen LogP contribution in [0, 0.1) is 19.8 Å². The number of aryl methyl sites for hydroxylation is 2. The van der Waals surface area contributed by atoms with E-state index in [0.717, 1.165) is 40.9 Å². The maximum Gasteiger partial charge on any atom is 0.226 e. The average Bonchev–Trinajstić information content (AvgIpc) is 2.96. The summed E-state index contributed by atoms with van der Waals surface area (Å²) in [5.74, 6) is 0.756. The molecule has 0 unspecified atom stereocenters. The third kappa shape index (κ3) is 7.75. The number of aliphatic imine (C=N–C) groups is 1. The Bertz CT molecular complexity index is 767. The summed E-state index contributed by atoms with van der Waals surface area (Å²) >= 11 is 1.75. The predicted molar refractivity (Wildman–Crippen MR) is 129 cm³/mol. The number of aromatic nitrogens is 1. The van der Waals surface area contributed by atoms with Crippen LogP contribution < -0.4 is 16.0 Å². The zero-order chi connectivity index (χ0) is 19.8. The van der Waals surface area contributed by atoms with Crippen molar-refractivity contribution >= 4 is 52.9 Å². The zero-order valence-corrected chi connectivity index (χ0v) is 20.3. The molecule has 1 heterocycles. The molecule has 2 rings (SSSR count). The van der Waals surface area contributed by atoms with Gasteiger partial charge in [-0.1, -0.05) is 26.0 Å². The molecule has 1 aromatic carbocycles. The van der Waals surface area contributed by atoms with Crippen LogP contribution in [0.1, 0.15) is 35.0 Å². The summed E-state index contributed by atoms with van der Waals surface area (Å²) in [4.78, 5) is 21.8. The number of nitrogens with zero attached hydrogens (tertiary/aromatic N) is 2. The van der Waals surface area contributed by atoms with E-state index >= 15 is 0 Å². The normalized spacial score (nSPS) is 11.1. The van der Waals surface area contributed by atoms with E-state index in [2.05, 4.69) is 32.9 Å². The highest BCUT2D eigenvalue weighted by atomic mass is 127. The first kappa shape index (κ1) is 24.4. The lowest BCUT2D eigenvalue weighted by molar-refractivity contribution is -0.118. The average molecular weight is 515 g/mol. The summed E-state index contributed by atoms with van der Waals surface area (Å²) in [5.41, 5.74) is 3.05. The van der Waals surface area contributed by atoms with Gasteiger partial charge >= 0.3 is 0 Å². The summed E-state index contributed by atoms with van der Waals surface area (Å²) < 4.78 is 0. The molecule has 3 N–H and O–H groups in total. The Morgan fingerprint density at radius 1 is 1.18 bits per heavy atom. The Labute approximate surface area is 188 Å². The Morgan fingerprint density at radius 2 is 1.86 bits per heavy atom. The van der Waals surface area contributed by atoms with Crippen LogP contribution in [0.5, 0.6) is 0 Å². The molecule has 0 spiro atoms. The molecule has 0 radical (unpaired) electrons. The summed E-state index contributed by atoms with van der Waals surface area (Å²) in [6.45, 7) is 9.35. The van der Waals surface area contributed by atoms with Crippen molar-refractivity contribution < 1.29 is 4.79 Å². The van der Waals surface area contributed by atoms with Crippen molar-refractivity contribution in [3.63, 3.8) is 0 Å². The van der Waals surface area contributed by atoms with E-state index in [4.69, 9.17) is 0 Å². The molecule has 6 nitrogen and oxygen atoms in total. The second-order valence-electron chi connectivity index (χ2n) is 6.69. The van der Waals surface area contributed by atoms with Crippen LogP contribution in [0.15, 0.2) is 29.3 Å². The van der Waals surface area contributed by atoms with E-state index in [1.54, 1.807) is 18.4 Å². The molecule has 0 saturated heterocycles. The highest BCUT2D eigenvalue weighted by Gasteiger charge is 2.07. The van der Waals surface area contributed by atoms with E-state index < -0.39 is 0 Å². The minimum Gasteiger partial charge on any atom is -0.356 e. The molecule has 0 aliphatic carbocycles. The molecule has 0 fully saturated rings. The summed E-state index contributed by atoms with van der Waals surface area (Å²) in [6, 6.07) is 7.83. The highest BCUT2D eigenvalue weighted by Crippen LogP contribution is 2.16. The smallest absolute Gasteiger partial charge is 0.226 e. The first-order valence-corrected chi connectivity index (χ1v) is 9.98. The van der Waals surface area contributed by atoms with Gasteiger partial charge in [-0.25, -0.2) is 4.98 Å². The van der Waals surface area contributed by atoms with Crippen LogP contribution in [-0.2, 0) is 17.8 Å². The Kier molecular flexibility index (Phi) is 10.4. The quantitative estimate of drug-likeness (QED) is 0.297. The molecule has 2 aromatic rings. The molecule has 1 amide bonds. The molecule has 28 heavy (non-hydrogen) atoms. The van der Waals surface area contributed by atoms with Gasteiger partial charge in [-0.2, -0.15) is 0 Å². The molecule has 0 aliphatic rings. The van der Waals surface area contributed by atoms with Gasteiger partial charge in [0.1, 0.15) is 0 Å². The Hall–Kier alpha value is -1.68. The number of nitrogens with one attached hydrogen (secondary N) is 3. The van der Waals surface area contributed by atoms with Gasteiger partial charge in [0.2, 0.25) is 5.91 Å². The lowest BCUT2D eigenvalue weighted by Gasteiger charge is -2.12. The van der Waals surface area contributed by atoms with Crippen molar-refractivity contribution in [3.05, 3.63) is 45.4 Å². The fourth-order valence-electron chi connectivity index (χ4n) is 2.33. The highest BCUT2D eigenvalue weighted by molar-refractivity contribution is 14.0. The fraction of sp³-hybridized carbons (Fsp3) is 0.450. The van der Waals surface area contributed by atoms with Crippen molar-refractivity contribution in [3.8, 4) is 0 Å². The number of hydrogen-bond donors (Lipinski definition) is 3. The number of guanidine groups is 1. The molecule has 0 bridgehead atoms. The van der Waals surface area contributed by atoms with Crippen molar-refractivity contribution in [1.29, 1.82) is 0 Å². The van der Waals surface area contributed by atoms with Crippen molar-refractivity contribution in [2.75, 3.05) is 18.9 Å². The van der Waals surface area contributed by atoms with Gasteiger partial charge in [0.25, 0.3) is 0 Å².